The number of hydrogen-bond donors (Lipinski definition) is 0. The van der Waals surface area contributed by atoms with Gasteiger partial charge in [0.25, 0.3) is 0 Å². The smallest absolute Gasteiger partial charge is 0.0638 e. The maximum absolute atomic E-state index is 9.05. The fourth-order valence-corrected chi connectivity index (χ4v) is 3.06. The molecule has 0 N–H and O–H groups in total. The standard InChI is InChI=1S/C15H22N4/c1-15(2)12-18(3)11-14(7-8-16)19(15)10-13-6-4-5-9-17-13/h4-6,9,14H,7,10-12H2,1-3H3. The molecule has 1 aliphatic rings. The second kappa shape index (κ2) is 5.68. The molecule has 0 saturated carbocycles. The molecule has 1 fully saturated rings. The summed E-state index contributed by atoms with van der Waals surface area (Å²) in [6.45, 7) is 7.27. The fourth-order valence-electron chi connectivity index (χ4n) is 3.06. The van der Waals surface area contributed by atoms with Crippen molar-refractivity contribution in [2.24, 2.45) is 0 Å². The Labute approximate surface area is 115 Å². The van der Waals surface area contributed by atoms with Gasteiger partial charge in [0, 0.05) is 37.4 Å². The quantitative estimate of drug-likeness (QED) is 0.830. The van der Waals surface area contributed by atoms with Gasteiger partial charge in [-0.3, -0.25) is 9.88 Å². The molecule has 1 aliphatic heterocycles. The Hall–Kier alpha value is -1.44. The van der Waals surface area contributed by atoms with Gasteiger partial charge in [0.05, 0.1) is 18.2 Å². The van der Waals surface area contributed by atoms with Crippen LogP contribution in [-0.4, -0.2) is 46.5 Å². The summed E-state index contributed by atoms with van der Waals surface area (Å²) in [5, 5.41) is 9.05. The summed E-state index contributed by atoms with van der Waals surface area (Å²) in [6, 6.07) is 8.61. The summed E-state index contributed by atoms with van der Waals surface area (Å²) in [5.74, 6) is 0. The summed E-state index contributed by atoms with van der Waals surface area (Å²) >= 11 is 0. The van der Waals surface area contributed by atoms with Crippen molar-refractivity contribution in [3.05, 3.63) is 30.1 Å². The average molecular weight is 258 g/mol. The Morgan fingerprint density at radius 1 is 1.47 bits per heavy atom. The molecule has 0 aliphatic carbocycles. The molecule has 1 saturated heterocycles. The summed E-state index contributed by atoms with van der Waals surface area (Å²) in [7, 11) is 2.13. The molecule has 0 bridgehead atoms. The summed E-state index contributed by atoms with van der Waals surface area (Å²) in [4.78, 5) is 9.16. The van der Waals surface area contributed by atoms with Gasteiger partial charge in [0.1, 0.15) is 0 Å². The van der Waals surface area contributed by atoms with E-state index < -0.39 is 0 Å². The number of aromatic nitrogens is 1. The normalized spacial score (nSPS) is 24.0. The first kappa shape index (κ1) is 14.0. The number of piperazine rings is 1. The highest BCUT2D eigenvalue weighted by Gasteiger charge is 2.38. The minimum atomic E-state index is 0.0615. The van der Waals surface area contributed by atoms with E-state index in [9.17, 15) is 0 Å². The number of nitriles is 1. The second-order valence-electron chi connectivity index (χ2n) is 5.97. The molecular formula is C15H22N4. The van der Waals surface area contributed by atoms with Crippen molar-refractivity contribution in [2.75, 3.05) is 20.1 Å². The number of likely N-dealkylation sites (N-methyl/N-ethyl adjacent to an activating group) is 1. The van der Waals surface area contributed by atoms with E-state index in [0.717, 1.165) is 25.3 Å². The highest BCUT2D eigenvalue weighted by molar-refractivity contribution is 5.07. The zero-order chi connectivity index (χ0) is 13.9. The largest absolute Gasteiger partial charge is 0.303 e. The van der Waals surface area contributed by atoms with Crippen molar-refractivity contribution in [2.45, 2.75) is 38.4 Å². The Bertz CT molecular complexity index is 449. The lowest BCUT2D eigenvalue weighted by molar-refractivity contribution is -0.0212. The van der Waals surface area contributed by atoms with E-state index in [1.165, 1.54) is 0 Å². The van der Waals surface area contributed by atoms with Gasteiger partial charge >= 0.3 is 0 Å². The Morgan fingerprint density at radius 3 is 2.89 bits per heavy atom. The number of hydrogen-bond acceptors (Lipinski definition) is 4. The van der Waals surface area contributed by atoms with E-state index in [-0.39, 0.29) is 11.6 Å². The zero-order valence-corrected chi connectivity index (χ0v) is 12.0. The zero-order valence-electron chi connectivity index (χ0n) is 12.0. The summed E-state index contributed by atoms with van der Waals surface area (Å²) in [5.41, 5.74) is 1.13. The minimum Gasteiger partial charge on any atom is -0.303 e. The highest BCUT2D eigenvalue weighted by Crippen LogP contribution is 2.27. The lowest BCUT2D eigenvalue weighted by atomic mass is 9.93. The second-order valence-corrected chi connectivity index (χ2v) is 5.97. The summed E-state index contributed by atoms with van der Waals surface area (Å²) in [6.07, 6.45) is 2.40. The van der Waals surface area contributed by atoms with Crippen LogP contribution in [-0.2, 0) is 6.54 Å². The van der Waals surface area contributed by atoms with Crippen LogP contribution in [0.1, 0.15) is 26.0 Å². The molecule has 1 atom stereocenters. The van der Waals surface area contributed by atoms with E-state index in [0.29, 0.717) is 6.42 Å². The van der Waals surface area contributed by atoms with E-state index in [1.807, 2.05) is 18.3 Å². The Morgan fingerprint density at radius 2 is 2.26 bits per heavy atom. The van der Waals surface area contributed by atoms with Crippen LogP contribution in [0.2, 0.25) is 0 Å². The molecule has 19 heavy (non-hydrogen) atoms. The molecule has 1 aromatic rings. The highest BCUT2D eigenvalue weighted by atomic mass is 15.3. The molecule has 102 valence electrons. The van der Waals surface area contributed by atoms with Crippen LogP contribution in [0, 0.1) is 11.3 Å². The van der Waals surface area contributed by atoms with Crippen LogP contribution < -0.4 is 0 Å². The van der Waals surface area contributed by atoms with Gasteiger partial charge in [-0.2, -0.15) is 5.26 Å². The third-order valence-corrected chi connectivity index (χ3v) is 3.78. The van der Waals surface area contributed by atoms with Gasteiger partial charge in [-0.15, -0.1) is 0 Å². The van der Waals surface area contributed by atoms with Gasteiger partial charge in [0.15, 0.2) is 0 Å². The molecule has 0 radical (unpaired) electrons. The molecule has 1 unspecified atom stereocenters. The third-order valence-electron chi connectivity index (χ3n) is 3.78. The average Bonchev–Trinajstić information content (AvgIpc) is 2.34. The molecule has 2 rings (SSSR count). The van der Waals surface area contributed by atoms with Crippen LogP contribution in [0.15, 0.2) is 24.4 Å². The fraction of sp³-hybridized carbons (Fsp3) is 0.600. The topological polar surface area (TPSA) is 43.2 Å². The van der Waals surface area contributed by atoms with Gasteiger partial charge < -0.3 is 4.90 Å². The SMILES string of the molecule is CN1CC(CC#N)N(Cc2ccccn2)C(C)(C)C1. The number of pyridine rings is 1. The van der Waals surface area contributed by atoms with Gasteiger partial charge in [-0.1, -0.05) is 6.07 Å². The first-order chi connectivity index (χ1) is 9.03. The molecule has 4 heteroatoms. The summed E-state index contributed by atoms with van der Waals surface area (Å²) < 4.78 is 0. The maximum Gasteiger partial charge on any atom is 0.0638 e. The Kier molecular flexibility index (Phi) is 4.18. The van der Waals surface area contributed by atoms with Crippen LogP contribution >= 0.6 is 0 Å². The van der Waals surface area contributed by atoms with Gasteiger partial charge in [-0.05, 0) is 33.0 Å². The predicted octanol–water partition coefficient (Wildman–Crippen LogP) is 1.89. The molecule has 0 amide bonds. The van der Waals surface area contributed by atoms with E-state index in [4.69, 9.17) is 5.26 Å². The first-order valence-electron chi connectivity index (χ1n) is 6.75. The van der Waals surface area contributed by atoms with E-state index in [2.05, 4.69) is 47.8 Å². The maximum atomic E-state index is 9.05. The monoisotopic (exact) mass is 258 g/mol. The van der Waals surface area contributed by atoms with Crippen LogP contribution in [0.3, 0.4) is 0 Å². The van der Waals surface area contributed by atoms with Gasteiger partial charge in [0.2, 0.25) is 0 Å². The van der Waals surface area contributed by atoms with E-state index >= 15 is 0 Å². The lowest BCUT2D eigenvalue weighted by Gasteiger charge is -2.50. The number of nitrogens with zero attached hydrogens (tertiary/aromatic N) is 4. The van der Waals surface area contributed by atoms with Crippen LogP contribution in [0.25, 0.3) is 0 Å². The van der Waals surface area contributed by atoms with Crippen molar-refractivity contribution < 1.29 is 0 Å². The minimum absolute atomic E-state index is 0.0615. The molecule has 0 aromatic carbocycles. The van der Waals surface area contributed by atoms with Crippen molar-refractivity contribution in [1.29, 1.82) is 5.26 Å². The number of rotatable bonds is 3. The van der Waals surface area contributed by atoms with Crippen LogP contribution in [0.5, 0.6) is 0 Å². The Balaban J connectivity index is 2.20. The molecular weight excluding hydrogens is 236 g/mol. The van der Waals surface area contributed by atoms with Gasteiger partial charge in [-0.25, -0.2) is 0 Å². The van der Waals surface area contributed by atoms with E-state index in [1.54, 1.807) is 0 Å². The first-order valence-corrected chi connectivity index (χ1v) is 6.75. The molecule has 0 spiro atoms. The lowest BCUT2D eigenvalue weighted by Crippen LogP contribution is -2.62. The third kappa shape index (κ3) is 3.31. The van der Waals surface area contributed by atoms with Crippen molar-refractivity contribution in [3.63, 3.8) is 0 Å². The van der Waals surface area contributed by atoms with Crippen molar-refractivity contribution in [3.8, 4) is 6.07 Å². The van der Waals surface area contributed by atoms with Crippen molar-refractivity contribution >= 4 is 0 Å². The molecule has 2 heterocycles. The van der Waals surface area contributed by atoms with Crippen LogP contribution in [0.4, 0.5) is 0 Å². The predicted molar refractivity (Wildman–Crippen MR) is 75.4 cm³/mol. The van der Waals surface area contributed by atoms with Crippen molar-refractivity contribution in [1.82, 2.24) is 14.8 Å². The molecule has 1 aromatic heterocycles. The molecule has 4 nitrogen and oxygen atoms in total.